The van der Waals surface area contributed by atoms with Crippen molar-refractivity contribution in [3.05, 3.63) is 29.3 Å². The number of halogens is 2. The van der Waals surface area contributed by atoms with Gasteiger partial charge in [0.25, 0.3) is 0 Å². The Hall–Kier alpha value is -1.34. The van der Waals surface area contributed by atoms with Gasteiger partial charge in [0.2, 0.25) is 0 Å². The number of unbranched alkanes of at least 4 members (excludes halogenated alkanes) is 2. The lowest BCUT2D eigenvalue weighted by molar-refractivity contribution is 0.290. The molecule has 0 atom stereocenters. The molecule has 0 aliphatic heterocycles. The predicted octanol–water partition coefficient (Wildman–Crippen LogP) is 4.76. The molecule has 1 nitrogen and oxygen atoms in total. The summed E-state index contributed by atoms with van der Waals surface area (Å²) in [5, 5.41) is 0. The van der Waals surface area contributed by atoms with Crippen molar-refractivity contribution in [3.63, 3.8) is 0 Å². The highest BCUT2D eigenvalue weighted by Gasteiger charge is 2.11. The van der Waals surface area contributed by atoms with Gasteiger partial charge in [0.05, 0.1) is 12.2 Å². The van der Waals surface area contributed by atoms with Gasteiger partial charge in [-0.2, -0.15) is 0 Å². The van der Waals surface area contributed by atoms with Crippen LogP contribution in [0.3, 0.4) is 0 Å². The third kappa shape index (κ3) is 5.75. The van der Waals surface area contributed by atoms with E-state index >= 15 is 0 Å². The van der Waals surface area contributed by atoms with E-state index in [-0.39, 0.29) is 11.3 Å². The first-order valence-corrected chi connectivity index (χ1v) is 10.5. The molecule has 0 aromatic heterocycles. The first kappa shape index (κ1) is 16.7. The second kappa shape index (κ2) is 7.44. The largest absolute Gasteiger partial charge is 0.490 e. The number of hydrogen-bond donors (Lipinski definition) is 0. The Labute approximate surface area is 121 Å². The molecule has 0 spiro atoms. The van der Waals surface area contributed by atoms with Crippen LogP contribution in [0.25, 0.3) is 0 Å². The SMILES string of the molecule is CCCCCOc1cc(F)c(C#C[Si](C)(C)C)cc1F. The maximum absolute atomic E-state index is 13.8. The van der Waals surface area contributed by atoms with Crippen LogP contribution in [-0.4, -0.2) is 14.7 Å². The Morgan fingerprint density at radius 2 is 1.80 bits per heavy atom. The summed E-state index contributed by atoms with van der Waals surface area (Å²) in [5.74, 6) is 1.63. The minimum atomic E-state index is -1.61. The molecule has 0 bridgehead atoms. The van der Waals surface area contributed by atoms with Gasteiger partial charge in [-0.05, 0) is 12.5 Å². The van der Waals surface area contributed by atoms with Crippen LogP contribution in [0.15, 0.2) is 12.1 Å². The van der Waals surface area contributed by atoms with Crippen LogP contribution in [0.1, 0.15) is 31.7 Å². The molecule has 1 aromatic carbocycles. The molecule has 110 valence electrons. The highest BCUT2D eigenvalue weighted by atomic mass is 28.3. The molecular formula is C16H22F2OSi. The second-order valence-electron chi connectivity index (χ2n) is 5.82. The molecule has 1 aromatic rings. The summed E-state index contributed by atoms with van der Waals surface area (Å²) in [6, 6.07) is 2.22. The molecular weight excluding hydrogens is 274 g/mol. The van der Waals surface area contributed by atoms with Crippen LogP contribution in [-0.2, 0) is 0 Å². The average molecular weight is 296 g/mol. The van der Waals surface area contributed by atoms with Crippen molar-refractivity contribution in [2.75, 3.05) is 6.61 Å². The van der Waals surface area contributed by atoms with E-state index in [0.29, 0.717) is 6.61 Å². The molecule has 0 saturated carbocycles. The van der Waals surface area contributed by atoms with Gasteiger partial charge in [-0.3, -0.25) is 0 Å². The molecule has 0 saturated heterocycles. The van der Waals surface area contributed by atoms with E-state index in [0.717, 1.165) is 31.4 Å². The van der Waals surface area contributed by atoms with Crippen LogP contribution in [0.4, 0.5) is 8.78 Å². The number of ether oxygens (including phenoxy) is 1. The summed E-state index contributed by atoms with van der Waals surface area (Å²) in [4.78, 5) is 0. The van der Waals surface area contributed by atoms with E-state index in [1.807, 2.05) is 0 Å². The van der Waals surface area contributed by atoms with E-state index in [9.17, 15) is 8.78 Å². The molecule has 0 fully saturated rings. The highest BCUT2D eigenvalue weighted by molar-refractivity contribution is 6.83. The molecule has 4 heteroatoms. The summed E-state index contributed by atoms with van der Waals surface area (Å²) in [6.07, 6.45) is 2.92. The normalized spacial score (nSPS) is 10.9. The van der Waals surface area contributed by atoms with Crippen LogP contribution in [0.2, 0.25) is 19.6 Å². The molecule has 0 heterocycles. The number of benzene rings is 1. The van der Waals surface area contributed by atoms with Crippen LogP contribution < -0.4 is 4.74 Å². The monoisotopic (exact) mass is 296 g/mol. The van der Waals surface area contributed by atoms with Gasteiger partial charge in [-0.1, -0.05) is 45.3 Å². The van der Waals surface area contributed by atoms with E-state index < -0.39 is 19.7 Å². The van der Waals surface area contributed by atoms with Gasteiger partial charge in [0.1, 0.15) is 13.9 Å². The molecule has 0 N–H and O–H groups in total. The molecule has 0 aliphatic rings. The minimum absolute atomic E-state index is 0.0304. The molecule has 0 aliphatic carbocycles. The maximum atomic E-state index is 13.8. The van der Waals surface area contributed by atoms with E-state index in [1.54, 1.807) is 0 Å². The molecule has 0 amide bonds. The molecule has 0 radical (unpaired) electrons. The Morgan fingerprint density at radius 3 is 2.40 bits per heavy atom. The number of hydrogen-bond acceptors (Lipinski definition) is 1. The first-order chi connectivity index (χ1) is 9.33. The van der Waals surface area contributed by atoms with Crippen LogP contribution >= 0.6 is 0 Å². The van der Waals surface area contributed by atoms with Crippen molar-refractivity contribution >= 4 is 8.07 Å². The van der Waals surface area contributed by atoms with Crippen molar-refractivity contribution in [2.45, 2.75) is 45.8 Å². The quantitative estimate of drug-likeness (QED) is 0.432. The van der Waals surface area contributed by atoms with Crippen molar-refractivity contribution < 1.29 is 13.5 Å². The fourth-order valence-corrected chi connectivity index (χ4v) is 2.03. The summed E-state index contributed by atoms with van der Waals surface area (Å²) >= 11 is 0. The first-order valence-electron chi connectivity index (χ1n) is 6.98. The Balaban J connectivity index is 2.83. The maximum Gasteiger partial charge on any atom is 0.166 e. The lowest BCUT2D eigenvalue weighted by Crippen LogP contribution is -2.16. The summed E-state index contributed by atoms with van der Waals surface area (Å²) in [6.45, 7) is 8.65. The average Bonchev–Trinajstić information content (AvgIpc) is 2.35. The fourth-order valence-electron chi connectivity index (χ4n) is 1.52. The fraction of sp³-hybridized carbons (Fsp3) is 0.500. The smallest absolute Gasteiger partial charge is 0.166 e. The van der Waals surface area contributed by atoms with Crippen molar-refractivity contribution in [2.24, 2.45) is 0 Å². The summed E-state index contributed by atoms with van der Waals surface area (Å²) < 4.78 is 32.9. The van der Waals surface area contributed by atoms with E-state index in [1.165, 1.54) is 0 Å². The van der Waals surface area contributed by atoms with Gasteiger partial charge >= 0.3 is 0 Å². The van der Waals surface area contributed by atoms with E-state index in [2.05, 4.69) is 38.0 Å². The van der Waals surface area contributed by atoms with Gasteiger partial charge < -0.3 is 4.74 Å². The van der Waals surface area contributed by atoms with Gasteiger partial charge in [-0.25, -0.2) is 8.78 Å². The van der Waals surface area contributed by atoms with E-state index in [4.69, 9.17) is 4.74 Å². The Morgan fingerprint density at radius 1 is 1.10 bits per heavy atom. The lowest BCUT2D eigenvalue weighted by Gasteiger charge is -2.08. The van der Waals surface area contributed by atoms with Gasteiger partial charge in [0.15, 0.2) is 11.6 Å². The summed E-state index contributed by atoms with van der Waals surface area (Å²) in [7, 11) is -1.61. The molecule has 20 heavy (non-hydrogen) atoms. The third-order valence-corrected chi connectivity index (χ3v) is 3.47. The van der Waals surface area contributed by atoms with Crippen molar-refractivity contribution in [3.8, 4) is 17.2 Å². The molecule has 1 rings (SSSR count). The van der Waals surface area contributed by atoms with Gasteiger partial charge in [-0.15, -0.1) is 5.54 Å². The zero-order valence-corrected chi connectivity index (χ0v) is 13.6. The number of rotatable bonds is 5. The van der Waals surface area contributed by atoms with Crippen molar-refractivity contribution in [1.29, 1.82) is 0 Å². The minimum Gasteiger partial charge on any atom is -0.490 e. The Kier molecular flexibility index (Phi) is 6.22. The zero-order chi connectivity index (χ0) is 15.2. The predicted molar refractivity (Wildman–Crippen MR) is 81.6 cm³/mol. The standard InChI is InChI=1S/C16H22F2OSi/c1-5-6-7-9-19-16-12-14(17)13(11-15(16)18)8-10-20(2,3)4/h11-12H,5-7,9H2,1-4H3. The topological polar surface area (TPSA) is 9.23 Å². The van der Waals surface area contributed by atoms with Crippen molar-refractivity contribution in [1.82, 2.24) is 0 Å². The molecule has 0 unspecified atom stereocenters. The highest BCUT2D eigenvalue weighted by Crippen LogP contribution is 2.21. The van der Waals surface area contributed by atoms with Gasteiger partial charge in [0, 0.05) is 6.07 Å². The van der Waals surface area contributed by atoms with Crippen LogP contribution in [0, 0.1) is 23.1 Å². The lowest BCUT2D eigenvalue weighted by atomic mass is 10.2. The summed E-state index contributed by atoms with van der Waals surface area (Å²) in [5.41, 5.74) is 3.13. The second-order valence-corrected chi connectivity index (χ2v) is 10.6. The Bertz CT molecular complexity index is 510. The zero-order valence-electron chi connectivity index (χ0n) is 12.6. The third-order valence-electron chi connectivity index (χ3n) is 2.60. The van der Waals surface area contributed by atoms with Crippen LogP contribution in [0.5, 0.6) is 5.75 Å².